The molecule has 0 saturated carbocycles. The Hall–Kier alpha value is -0.610. The van der Waals surface area contributed by atoms with E-state index in [1.165, 1.54) is 12.8 Å². The average molecular weight is 240 g/mol. The van der Waals surface area contributed by atoms with Crippen LogP contribution in [0.25, 0.3) is 0 Å². The maximum atomic E-state index is 11.0. The number of aliphatic carboxylic acids is 1. The quantitative estimate of drug-likeness (QED) is 0.789. The maximum Gasteiger partial charge on any atom is 0.320 e. The number of carbonyl (C=O) groups is 1. The summed E-state index contributed by atoms with van der Waals surface area (Å²) in [5.74, 6) is -0.650. The summed E-state index contributed by atoms with van der Waals surface area (Å²) in [6, 6.07) is 0.261. The predicted octanol–water partition coefficient (Wildman–Crippen LogP) is 1.41. The van der Waals surface area contributed by atoms with Gasteiger partial charge in [0.25, 0.3) is 0 Å². The van der Waals surface area contributed by atoms with Crippen LogP contribution in [0, 0.1) is 0 Å². The van der Waals surface area contributed by atoms with E-state index in [0.29, 0.717) is 6.04 Å². The Morgan fingerprint density at radius 2 is 2.06 bits per heavy atom. The minimum Gasteiger partial charge on any atom is -0.480 e. The lowest BCUT2D eigenvalue weighted by molar-refractivity contribution is -0.155. The fourth-order valence-electron chi connectivity index (χ4n) is 3.04. The van der Waals surface area contributed by atoms with Crippen molar-refractivity contribution in [1.82, 2.24) is 9.80 Å². The van der Waals surface area contributed by atoms with E-state index in [9.17, 15) is 4.79 Å². The van der Waals surface area contributed by atoms with E-state index in [0.717, 1.165) is 26.1 Å². The Kier molecular flexibility index (Phi) is 3.46. The summed E-state index contributed by atoms with van der Waals surface area (Å²) in [4.78, 5) is 15.6. The Morgan fingerprint density at radius 3 is 2.47 bits per heavy atom. The summed E-state index contributed by atoms with van der Waals surface area (Å²) in [7, 11) is 0. The first kappa shape index (κ1) is 12.8. The lowest BCUT2D eigenvalue weighted by Gasteiger charge is -2.56. The summed E-state index contributed by atoms with van der Waals surface area (Å²) >= 11 is 0. The van der Waals surface area contributed by atoms with E-state index in [4.69, 9.17) is 5.11 Å². The monoisotopic (exact) mass is 240 g/mol. The van der Waals surface area contributed by atoms with Crippen molar-refractivity contribution in [2.24, 2.45) is 0 Å². The fraction of sp³-hybridized carbons (Fsp3) is 0.923. The number of hydrogen-bond acceptors (Lipinski definition) is 3. The smallest absolute Gasteiger partial charge is 0.320 e. The second-order valence-electron chi connectivity index (χ2n) is 6.00. The van der Waals surface area contributed by atoms with E-state index < -0.39 is 5.97 Å². The van der Waals surface area contributed by atoms with E-state index in [-0.39, 0.29) is 11.6 Å². The van der Waals surface area contributed by atoms with Gasteiger partial charge in [-0.1, -0.05) is 13.3 Å². The third-order valence-corrected chi connectivity index (χ3v) is 4.40. The van der Waals surface area contributed by atoms with Gasteiger partial charge in [0.2, 0.25) is 0 Å². The van der Waals surface area contributed by atoms with Crippen molar-refractivity contribution in [3.05, 3.63) is 0 Å². The Bertz CT molecular complexity index is 298. The van der Waals surface area contributed by atoms with Gasteiger partial charge >= 0.3 is 5.97 Å². The van der Waals surface area contributed by atoms with Crippen LogP contribution in [-0.2, 0) is 4.79 Å². The van der Waals surface area contributed by atoms with Gasteiger partial charge in [0, 0.05) is 31.2 Å². The molecule has 0 spiro atoms. The number of carboxylic acid groups (broad SMARTS) is 1. The fourth-order valence-corrected chi connectivity index (χ4v) is 3.04. The first-order valence-electron chi connectivity index (χ1n) is 6.69. The Labute approximate surface area is 104 Å². The van der Waals surface area contributed by atoms with Gasteiger partial charge in [0.05, 0.1) is 0 Å². The highest BCUT2D eigenvalue weighted by atomic mass is 16.4. The zero-order chi connectivity index (χ0) is 12.6. The van der Waals surface area contributed by atoms with E-state index in [1.807, 2.05) is 0 Å². The zero-order valence-electron chi connectivity index (χ0n) is 11.1. The molecule has 0 aliphatic carbocycles. The van der Waals surface area contributed by atoms with Gasteiger partial charge in [0.1, 0.15) is 6.04 Å². The molecule has 2 aliphatic rings. The largest absolute Gasteiger partial charge is 0.480 e. The van der Waals surface area contributed by atoms with Crippen molar-refractivity contribution in [3.63, 3.8) is 0 Å². The molecule has 2 aliphatic heterocycles. The van der Waals surface area contributed by atoms with Crippen LogP contribution in [0.1, 0.15) is 40.0 Å². The molecule has 2 rings (SSSR count). The molecule has 0 radical (unpaired) electrons. The molecule has 0 amide bonds. The van der Waals surface area contributed by atoms with E-state index in [2.05, 4.69) is 30.6 Å². The molecule has 4 nitrogen and oxygen atoms in total. The molecule has 1 N–H and O–H groups in total. The number of carboxylic acids is 1. The molecular formula is C13H24N2O2. The predicted molar refractivity (Wildman–Crippen MR) is 67.1 cm³/mol. The molecular weight excluding hydrogens is 216 g/mol. The number of likely N-dealkylation sites (tertiary alicyclic amines) is 2. The number of rotatable bonds is 5. The first-order valence-corrected chi connectivity index (χ1v) is 6.69. The van der Waals surface area contributed by atoms with Crippen LogP contribution in [0.5, 0.6) is 0 Å². The third kappa shape index (κ3) is 2.33. The van der Waals surface area contributed by atoms with Gasteiger partial charge in [-0.25, -0.2) is 0 Å². The Balaban J connectivity index is 1.81. The van der Waals surface area contributed by atoms with Gasteiger partial charge in [-0.3, -0.25) is 14.6 Å². The van der Waals surface area contributed by atoms with Crippen LogP contribution >= 0.6 is 0 Å². The summed E-state index contributed by atoms with van der Waals surface area (Å²) in [6.07, 6.45) is 3.24. The first-order chi connectivity index (χ1) is 7.95. The van der Waals surface area contributed by atoms with Crippen LogP contribution in [0.3, 0.4) is 0 Å². The van der Waals surface area contributed by atoms with Crippen LogP contribution in [0.15, 0.2) is 0 Å². The highest BCUT2D eigenvalue weighted by Crippen LogP contribution is 2.32. The van der Waals surface area contributed by atoms with Gasteiger partial charge in [-0.2, -0.15) is 0 Å². The summed E-state index contributed by atoms with van der Waals surface area (Å²) in [5, 5.41) is 9.03. The topological polar surface area (TPSA) is 43.8 Å². The Morgan fingerprint density at radius 1 is 1.41 bits per heavy atom. The van der Waals surface area contributed by atoms with Crippen molar-refractivity contribution in [3.8, 4) is 0 Å². The molecule has 2 saturated heterocycles. The van der Waals surface area contributed by atoms with Gasteiger partial charge in [-0.15, -0.1) is 0 Å². The van der Waals surface area contributed by atoms with Crippen LogP contribution < -0.4 is 0 Å². The summed E-state index contributed by atoms with van der Waals surface area (Å²) in [6.45, 7) is 9.83. The molecule has 0 bridgehead atoms. The molecule has 1 unspecified atom stereocenters. The van der Waals surface area contributed by atoms with E-state index >= 15 is 0 Å². The third-order valence-electron chi connectivity index (χ3n) is 4.40. The molecule has 98 valence electrons. The molecule has 0 aromatic carbocycles. The number of nitrogens with zero attached hydrogens (tertiary/aromatic N) is 2. The van der Waals surface area contributed by atoms with Gasteiger partial charge < -0.3 is 5.11 Å². The molecule has 1 atom stereocenters. The highest BCUT2D eigenvalue weighted by Gasteiger charge is 2.46. The van der Waals surface area contributed by atoms with Gasteiger partial charge in [-0.05, 0) is 26.7 Å². The molecule has 4 heteroatoms. The van der Waals surface area contributed by atoms with Crippen LogP contribution in [0.4, 0.5) is 0 Å². The minimum atomic E-state index is -0.650. The second kappa shape index (κ2) is 4.58. The minimum absolute atomic E-state index is 0.212. The lowest BCUT2D eigenvalue weighted by atomic mass is 9.88. The van der Waals surface area contributed by atoms with Gasteiger partial charge in [0.15, 0.2) is 0 Å². The normalized spacial score (nSPS) is 27.6. The van der Waals surface area contributed by atoms with Crippen molar-refractivity contribution in [2.75, 3.05) is 19.6 Å². The van der Waals surface area contributed by atoms with Crippen molar-refractivity contribution in [1.29, 1.82) is 0 Å². The number of hydrogen-bond donors (Lipinski definition) is 1. The molecule has 17 heavy (non-hydrogen) atoms. The SMILES string of the molecule is CCCC(C)(C)N1CC(N2CCC2C(=O)O)C1. The average Bonchev–Trinajstić information content (AvgIpc) is 2.06. The molecule has 2 fully saturated rings. The standard InChI is InChI=1S/C13H24N2O2/c1-4-6-13(2,3)14-8-10(9-14)15-7-5-11(15)12(16)17/h10-11H,4-9H2,1-3H3,(H,16,17). The van der Waals surface area contributed by atoms with Crippen molar-refractivity contribution in [2.45, 2.75) is 57.7 Å². The molecule has 2 heterocycles. The summed E-state index contributed by atoms with van der Waals surface area (Å²) in [5.41, 5.74) is 0.273. The zero-order valence-corrected chi connectivity index (χ0v) is 11.1. The lowest BCUT2D eigenvalue weighted by Crippen LogP contribution is -2.70. The molecule has 0 aromatic heterocycles. The highest BCUT2D eigenvalue weighted by molar-refractivity contribution is 5.74. The van der Waals surface area contributed by atoms with Crippen LogP contribution in [0.2, 0.25) is 0 Å². The van der Waals surface area contributed by atoms with Crippen molar-refractivity contribution >= 4 is 5.97 Å². The maximum absolute atomic E-state index is 11.0. The second-order valence-corrected chi connectivity index (χ2v) is 6.00. The summed E-state index contributed by atoms with van der Waals surface area (Å²) < 4.78 is 0. The van der Waals surface area contributed by atoms with Crippen LogP contribution in [-0.4, -0.2) is 58.1 Å². The van der Waals surface area contributed by atoms with Crippen molar-refractivity contribution < 1.29 is 9.90 Å². The van der Waals surface area contributed by atoms with E-state index in [1.54, 1.807) is 0 Å². The molecule has 0 aromatic rings.